The fraction of sp³-hybridized carbons (Fsp3) is 0.571. The maximum absolute atomic E-state index is 11.1. The van der Waals surface area contributed by atoms with Gasteiger partial charge in [0.1, 0.15) is 18.2 Å². The average Bonchev–Trinajstić information content (AvgIpc) is 2.56. The smallest absolute Gasteiger partial charge is 0.239 e. The number of carbonyl (C=O) groups is 1. The summed E-state index contributed by atoms with van der Waals surface area (Å²) in [4.78, 5) is 14.8. The molecule has 0 aliphatic carbocycles. The molecule has 6 heteroatoms. The van der Waals surface area contributed by atoms with Crippen molar-refractivity contribution in [3.8, 4) is 0 Å². The molecule has 0 aromatic carbocycles. The van der Waals surface area contributed by atoms with E-state index in [-0.39, 0.29) is 0 Å². The lowest BCUT2D eigenvalue weighted by Crippen LogP contribution is -2.54. The van der Waals surface area contributed by atoms with E-state index < -0.39 is 11.4 Å². The summed E-state index contributed by atoms with van der Waals surface area (Å²) in [5.74, 6) is -0.412. The summed E-state index contributed by atoms with van der Waals surface area (Å²) in [6.07, 6.45) is 2.95. The minimum absolute atomic E-state index is 0.374. The molecule has 1 amide bonds. The fourth-order valence-corrected chi connectivity index (χ4v) is 0.919. The predicted octanol–water partition coefficient (Wildman–Crippen LogP) is -1.26. The number of carbonyl (C=O) groups excluding carboxylic acids is 1. The molecule has 0 radical (unpaired) electrons. The summed E-state index contributed by atoms with van der Waals surface area (Å²) in [6, 6.07) is 0. The van der Waals surface area contributed by atoms with Crippen molar-refractivity contribution in [1.82, 2.24) is 20.1 Å². The van der Waals surface area contributed by atoms with Gasteiger partial charge in [-0.1, -0.05) is 0 Å². The van der Waals surface area contributed by atoms with E-state index in [0.29, 0.717) is 6.54 Å². The minimum atomic E-state index is -0.784. The van der Waals surface area contributed by atoms with Crippen molar-refractivity contribution in [3.63, 3.8) is 0 Å². The molecule has 6 nitrogen and oxygen atoms in total. The molecule has 1 rings (SSSR count). The van der Waals surface area contributed by atoms with E-state index in [1.54, 1.807) is 25.0 Å². The van der Waals surface area contributed by atoms with Crippen LogP contribution in [-0.4, -0.2) is 33.3 Å². The third kappa shape index (κ3) is 2.03. The summed E-state index contributed by atoms with van der Waals surface area (Å²) >= 11 is 0. The van der Waals surface area contributed by atoms with Crippen molar-refractivity contribution in [3.05, 3.63) is 12.7 Å². The van der Waals surface area contributed by atoms with E-state index in [2.05, 4.69) is 15.4 Å². The molecular formula is C7H13N5O. The highest BCUT2D eigenvalue weighted by Crippen LogP contribution is 2.04. The van der Waals surface area contributed by atoms with Crippen molar-refractivity contribution in [1.29, 1.82) is 0 Å². The number of hydrogen-bond acceptors (Lipinski definition) is 4. The van der Waals surface area contributed by atoms with E-state index in [9.17, 15) is 4.79 Å². The van der Waals surface area contributed by atoms with Gasteiger partial charge in [0, 0.05) is 0 Å². The molecule has 1 aromatic rings. The third-order valence-corrected chi connectivity index (χ3v) is 2.04. The van der Waals surface area contributed by atoms with Crippen molar-refractivity contribution >= 4 is 5.91 Å². The van der Waals surface area contributed by atoms with Gasteiger partial charge in [-0.05, 0) is 14.0 Å². The van der Waals surface area contributed by atoms with E-state index >= 15 is 0 Å². The molecule has 72 valence electrons. The zero-order valence-electron chi connectivity index (χ0n) is 7.69. The van der Waals surface area contributed by atoms with Gasteiger partial charge in [0.25, 0.3) is 0 Å². The van der Waals surface area contributed by atoms with Gasteiger partial charge in [0.2, 0.25) is 5.91 Å². The van der Waals surface area contributed by atoms with Gasteiger partial charge in [0.05, 0.1) is 6.54 Å². The number of hydrogen-bond donors (Lipinski definition) is 2. The molecule has 13 heavy (non-hydrogen) atoms. The number of nitrogens with one attached hydrogen (secondary N) is 1. The van der Waals surface area contributed by atoms with Gasteiger partial charge in [-0.3, -0.25) is 9.48 Å². The van der Waals surface area contributed by atoms with Crippen LogP contribution in [-0.2, 0) is 11.3 Å². The lowest BCUT2D eigenvalue weighted by Gasteiger charge is -2.24. The van der Waals surface area contributed by atoms with Crippen LogP contribution in [0.2, 0.25) is 0 Å². The van der Waals surface area contributed by atoms with Crippen LogP contribution in [0.1, 0.15) is 6.92 Å². The van der Waals surface area contributed by atoms with Gasteiger partial charge in [-0.15, -0.1) is 0 Å². The van der Waals surface area contributed by atoms with Crippen molar-refractivity contribution < 1.29 is 4.79 Å². The molecule has 3 N–H and O–H groups in total. The summed E-state index contributed by atoms with van der Waals surface area (Å²) < 4.78 is 1.56. The van der Waals surface area contributed by atoms with E-state index in [1.165, 1.54) is 6.33 Å². The van der Waals surface area contributed by atoms with E-state index in [4.69, 9.17) is 5.73 Å². The Balaban J connectivity index is 2.75. The molecule has 0 aliphatic rings. The van der Waals surface area contributed by atoms with E-state index in [1.807, 2.05) is 0 Å². The highest BCUT2D eigenvalue weighted by Gasteiger charge is 2.29. The molecule has 0 saturated heterocycles. The van der Waals surface area contributed by atoms with Crippen LogP contribution >= 0.6 is 0 Å². The SMILES string of the molecule is CNC(C)(Cn1cncn1)C(N)=O. The van der Waals surface area contributed by atoms with Gasteiger partial charge >= 0.3 is 0 Å². The van der Waals surface area contributed by atoms with Gasteiger partial charge < -0.3 is 11.1 Å². The number of nitrogens with zero attached hydrogens (tertiary/aromatic N) is 3. The topological polar surface area (TPSA) is 85.8 Å². The third-order valence-electron chi connectivity index (χ3n) is 2.04. The van der Waals surface area contributed by atoms with Crippen molar-refractivity contribution in [2.75, 3.05) is 7.05 Å². The second-order valence-corrected chi connectivity index (χ2v) is 3.04. The Labute approximate surface area is 76.1 Å². The highest BCUT2D eigenvalue weighted by atomic mass is 16.1. The minimum Gasteiger partial charge on any atom is -0.368 e. The first-order chi connectivity index (χ1) is 6.08. The van der Waals surface area contributed by atoms with Crippen LogP contribution in [0.25, 0.3) is 0 Å². The Bertz CT molecular complexity index is 283. The van der Waals surface area contributed by atoms with Gasteiger partial charge in [-0.25, -0.2) is 4.98 Å². The molecule has 0 bridgehead atoms. The Morgan fingerprint density at radius 2 is 2.46 bits per heavy atom. The summed E-state index contributed by atoms with van der Waals surface area (Å²) in [7, 11) is 1.68. The number of rotatable bonds is 4. The standard InChI is InChI=1S/C7H13N5O/c1-7(9-2,6(8)13)3-12-5-10-4-11-12/h4-5,9H,3H2,1-2H3,(H2,8,13). The van der Waals surface area contributed by atoms with Crippen molar-refractivity contribution in [2.45, 2.75) is 19.0 Å². The number of aromatic nitrogens is 3. The second-order valence-electron chi connectivity index (χ2n) is 3.04. The molecule has 1 unspecified atom stereocenters. The summed E-state index contributed by atoms with van der Waals surface area (Å²) in [5.41, 5.74) is 4.45. The van der Waals surface area contributed by atoms with E-state index in [0.717, 1.165) is 0 Å². The number of primary amides is 1. The molecule has 1 atom stereocenters. The predicted molar refractivity (Wildman–Crippen MR) is 46.7 cm³/mol. The van der Waals surface area contributed by atoms with Crippen LogP contribution in [0.4, 0.5) is 0 Å². The Kier molecular flexibility index (Phi) is 2.62. The molecule has 0 saturated carbocycles. The Morgan fingerprint density at radius 3 is 2.85 bits per heavy atom. The first-order valence-electron chi connectivity index (χ1n) is 3.90. The normalized spacial score (nSPS) is 15.2. The number of amides is 1. The second kappa shape index (κ2) is 3.53. The fourth-order valence-electron chi connectivity index (χ4n) is 0.919. The highest BCUT2D eigenvalue weighted by molar-refractivity contribution is 5.83. The molecule has 1 heterocycles. The largest absolute Gasteiger partial charge is 0.368 e. The first kappa shape index (κ1) is 9.66. The van der Waals surface area contributed by atoms with Gasteiger partial charge in [0.15, 0.2) is 0 Å². The quantitative estimate of drug-likeness (QED) is 0.610. The van der Waals surface area contributed by atoms with Crippen LogP contribution in [0, 0.1) is 0 Å². The molecular weight excluding hydrogens is 170 g/mol. The van der Waals surface area contributed by atoms with Crippen molar-refractivity contribution in [2.24, 2.45) is 5.73 Å². The summed E-state index contributed by atoms with van der Waals surface area (Å²) in [6.45, 7) is 2.09. The zero-order valence-corrected chi connectivity index (χ0v) is 7.69. The van der Waals surface area contributed by atoms with Gasteiger partial charge in [-0.2, -0.15) is 5.10 Å². The average molecular weight is 183 g/mol. The van der Waals surface area contributed by atoms with Crippen LogP contribution in [0.15, 0.2) is 12.7 Å². The monoisotopic (exact) mass is 183 g/mol. The van der Waals surface area contributed by atoms with Crippen LogP contribution in [0.5, 0.6) is 0 Å². The van der Waals surface area contributed by atoms with Crippen LogP contribution < -0.4 is 11.1 Å². The molecule has 0 spiro atoms. The molecule has 1 aromatic heterocycles. The summed E-state index contributed by atoms with van der Waals surface area (Å²) in [5, 5.41) is 6.74. The first-order valence-corrected chi connectivity index (χ1v) is 3.90. The zero-order chi connectivity index (χ0) is 9.90. The molecule has 0 aliphatic heterocycles. The maximum Gasteiger partial charge on any atom is 0.239 e. The maximum atomic E-state index is 11.1. The molecule has 0 fully saturated rings. The number of nitrogens with two attached hydrogens (primary N) is 1. The van der Waals surface area contributed by atoms with Crippen LogP contribution in [0.3, 0.4) is 0 Å². The Hall–Kier alpha value is -1.43. The lowest BCUT2D eigenvalue weighted by atomic mass is 10.0. The lowest BCUT2D eigenvalue weighted by molar-refractivity contribution is -0.124. The Morgan fingerprint density at radius 1 is 1.77 bits per heavy atom. The number of likely N-dealkylation sites (N-methyl/N-ethyl adjacent to an activating group) is 1.